The first-order valence-corrected chi connectivity index (χ1v) is 10.1. The second kappa shape index (κ2) is 7.75. The van der Waals surface area contributed by atoms with Crippen molar-refractivity contribution < 1.29 is 18.3 Å². The maximum Gasteiger partial charge on any atom is 0.296 e. The minimum atomic E-state index is -3.45. The van der Waals surface area contributed by atoms with Gasteiger partial charge in [-0.25, -0.2) is 0 Å². The maximum atomic E-state index is 15.1. The molecule has 4 rings (SSSR count). The van der Waals surface area contributed by atoms with Crippen molar-refractivity contribution in [2.45, 2.75) is 56.7 Å². The molecule has 2 heterocycles. The molecule has 2 aromatic carbocycles. The van der Waals surface area contributed by atoms with Crippen LogP contribution in [0.3, 0.4) is 0 Å². The van der Waals surface area contributed by atoms with Crippen molar-refractivity contribution in [1.82, 2.24) is 4.90 Å². The second-order valence-corrected chi connectivity index (χ2v) is 8.25. The summed E-state index contributed by atoms with van der Waals surface area (Å²) in [6.07, 6.45) is 3.49. The van der Waals surface area contributed by atoms with Gasteiger partial charge in [0.2, 0.25) is 5.91 Å². The van der Waals surface area contributed by atoms with Gasteiger partial charge < -0.3 is 15.4 Å². The largest absolute Gasteiger partial charge is 0.457 e. The second-order valence-electron chi connectivity index (χ2n) is 8.25. The highest BCUT2D eigenvalue weighted by Crippen LogP contribution is 2.41. The van der Waals surface area contributed by atoms with Gasteiger partial charge in [-0.15, -0.1) is 0 Å². The lowest BCUT2D eigenvalue weighted by Crippen LogP contribution is -2.57. The van der Waals surface area contributed by atoms with Crippen LogP contribution in [0.2, 0.25) is 0 Å². The summed E-state index contributed by atoms with van der Waals surface area (Å²) in [5.41, 5.74) is 5.55. The molecule has 0 aromatic heterocycles. The third-order valence-electron chi connectivity index (χ3n) is 6.10. The fourth-order valence-electron chi connectivity index (χ4n) is 4.67. The van der Waals surface area contributed by atoms with Gasteiger partial charge in [0.05, 0.1) is 0 Å². The van der Waals surface area contributed by atoms with Crippen molar-refractivity contribution in [3.05, 3.63) is 60.2 Å². The van der Waals surface area contributed by atoms with Gasteiger partial charge in [0.1, 0.15) is 11.5 Å². The van der Waals surface area contributed by atoms with Crippen molar-refractivity contribution in [1.29, 1.82) is 0 Å². The maximum absolute atomic E-state index is 15.1. The molecule has 2 aliphatic heterocycles. The number of amides is 1. The zero-order valence-electron chi connectivity index (χ0n) is 16.4. The molecule has 6 heteroatoms. The van der Waals surface area contributed by atoms with Crippen molar-refractivity contribution >= 4 is 5.91 Å². The molecule has 0 spiro atoms. The normalized spacial score (nSPS) is 25.0. The van der Waals surface area contributed by atoms with Gasteiger partial charge in [0.25, 0.3) is 5.92 Å². The molecule has 1 amide bonds. The Labute approximate surface area is 169 Å². The number of piperidine rings is 1. The van der Waals surface area contributed by atoms with Crippen LogP contribution in [-0.4, -0.2) is 28.9 Å². The van der Waals surface area contributed by atoms with E-state index in [-0.39, 0.29) is 17.6 Å². The van der Waals surface area contributed by atoms with Gasteiger partial charge in [0, 0.05) is 17.6 Å². The van der Waals surface area contributed by atoms with Gasteiger partial charge >= 0.3 is 0 Å². The van der Waals surface area contributed by atoms with E-state index in [9.17, 15) is 4.79 Å². The Morgan fingerprint density at radius 2 is 1.59 bits per heavy atom. The quantitative estimate of drug-likeness (QED) is 0.792. The number of benzene rings is 2. The third kappa shape index (κ3) is 3.86. The summed E-state index contributed by atoms with van der Waals surface area (Å²) in [6.45, 7) is 2.15. The van der Waals surface area contributed by atoms with Crippen LogP contribution >= 0.6 is 0 Å². The van der Waals surface area contributed by atoms with E-state index in [1.54, 1.807) is 17.0 Å². The van der Waals surface area contributed by atoms with Crippen molar-refractivity contribution in [3.63, 3.8) is 0 Å². The molecule has 0 radical (unpaired) electrons. The topological polar surface area (TPSA) is 55.6 Å². The molecule has 3 unspecified atom stereocenters. The summed E-state index contributed by atoms with van der Waals surface area (Å²) < 4.78 is 35.7. The average Bonchev–Trinajstić information content (AvgIpc) is 2.99. The molecule has 0 saturated carbocycles. The summed E-state index contributed by atoms with van der Waals surface area (Å²) in [5, 5.41) is 0. The van der Waals surface area contributed by atoms with Gasteiger partial charge in [-0.3, -0.25) is 4.79 Å². The van der Waals surface area contributed by atoms with Gasteiger partial charge in [0.15, 0.2) is 6.04 Å². The molecule has 2 aromatic rings. The average molecular weight is 400 g/mol. The fourth-order valence-corrected chi connectivity index (χ4v) is 4.67. The van der Waals surface area contributed by atoms with Crippen LogP contribution in [0.5, 0.6) is 11.5 Å². The summed E-state index contributed by atoms with van der Waals surface area (Å²) in [4.78, 5) is 14.5. The van der Waals surface area contributed by atoms with Gasteiger partial charge in [-0.2, -0.15) is 8.78 Å². The van der Waals surface area contributed by atoms with Crippen molar-refractivity contribution in [2.75, 3.05) is 0 Å². The number of halogens is 2. The molecule has 2 saturated heterocycles. The van der Waals surface area contributed by atoms with Crippen LogP contribution in [0.15, 0.2) is 54.6 Å². The number of rotatable bonds is 5. The Morgan fingerprint density at radius 3 is 2.17 bits per heavy atom. The molecule has 3 atom stereocenters. The summed E-state index contributed by atoms with van der Waals surface area (Å²) in [5.74, 6) is -2.51. The lowest BCUT2D eigenvalue weighted by atomic mass is 9.91. The van der Waals surface area contributed by atoms with E-state index in [4.69, 9.17) is 10.5 Å². The van der Waals surface area contributed by atoms with Gasteiger partial charge in [-0.1, -0.05) is 25.1 Å². The summed E-state index contributed by atoms with van der Waals surface area (Å²) >= 11 is 0. The molecule has 2 N–H and O–H groups in total. The van der Waals surface area contributed by atoms with Crippen LogP contribution in [0, 0.1) is 5.92 Å². The standard InChI is InChI=1S/C23H26F2N2O2/c1-15-13-17-9-10-18(14-15)27(17)22(28)21(26)23(24,25)16-7-11-20(12-8-16)29-19-5-3-2-4-6-19/h2-8,11-12,15,17-18,21H,9-10,13-14,26H2,1H3. The number of hydrogen-bond acceptors (Lipinski definition) is 3. The first-order chi connectivity index (χ1) is 13.9. The molecular formula is C23H26F2N2O2. The Balaban J connectivity index is 1.48. The molecule has 0 aliphatic carbocycles. The predicted molar refractivity (Wildman–Crippen MR) is 107 cm³/mol. The van der Waals surface area contributed by atoms with Crippen LogP contribution in [0.4, 0.5) is 8.78 Å². The number of para-hydroxylation sites is 1. The van der Waals surface area contributed by atoms with E-state index in [0.717, 1.165) is 25.7 Å². The minimum Gasteiger partial charge on any atom is -0.457 e. The Morgan fingerprint density at radius 1 is 1.03 bits per heavy atom. The fraction of sp³-hybridized carbons (Fsp3) is 0.435. The number of carbonyl (C=O) groups is 1. The molecule has 2 fully saturated rings. The van der Waals surface area contributed by atoms with E-state index in [0.29, 0.717) is 17.4 Å². The smallest absolute Gasteiger partial charge is 0.296 e. The summed E-state index contributed by atoms with van der Waals surface area (Å²) in [7, 11) is 0. The first-order valence-electron chi connectivity index (χ1n) is 10.1. The molecule has 154 valence electrons. The highest BCUT2D eigenvalue weighted by molar-refractivity contribution is 5.84. The van der Waals surface area contributed by atoms with Crippen LogP contribution in [0.25, 0.3) is 0 Å². The van der Waals surface area contributed by atoms with Crippen LogP contribution in [-0.2, 0) is 10.7 Å². The molecule has 4 nitrogen and oxygen atoms in total. The molecule has 2 aliphatic rings. The lowest BCUT2D eigenvalue weighted by Gasteiger charge is -2.40. The lowest BCUT2D eigenvalue weighted by molar-refractivity contribution is -0.148. The van der Waals surface area contributed by atoms with Crippen molar-refractivity contribution in [2.24, 2.45) is 11.7 Å². The predicted octanol–water partition coefficient (Wildman–Crippen LogP) is 4.69. The zero-order chi connectivity index (χ0) is 20.6. The number of ether oxygens (including phenoxy) is 1. The Hall–Kier alpha value is -2.47. The SMILES string of the molecule is CC1CC2CCC(C1)N2C(=O)C(N)C(F)(F)c1ccc(Oc2ccccc2)cc1. The van der Waals surface area contributed by atoms with E-state index in [1.807, 2.05) is 18.2 Å². The van der Waals surface area contributed by atoms with Crippen LogP contribution in [0.1, 0.15) is 38.2 Å². The van der Waals surface area contributed by atoms with E-state index in [2.05, 4.69) is 6.92 Å². The number of hydrogen-bond donors (Lipinski definition) is 1. The number of alkyl halides is 2. The molecule has 2 bridgehead atoms. The van der Waals surface area contributed by atoms with Crippen LogP contribution < -0.4 is 10.5 Å². The number of fused-ring (bicyclic) bond motifs is 2. The van der Waals surface area contributed by atoms with E-state index < -0.39 is 17.9 Å². The third-order valence-corrected chi connectivity index (χ3v) is 6.10. The van der Waals surface area contributed by atoms with Gasteiger partial charge in [-0.05, 0) is 68.0 Å². The van der Waals surface area contributed by atoms with Crippen molar-refractivity contribution in [3.8, 4) is 11.5 Å². The molecular weight excluding hydrogens is 374 g/mol. The first kappa shape index (κ1) is 19.8. The van der Waals surface area contributed by atoms with E-state index >= 15 is 8.78 Å². The Kier molecular flexibility index (Phi) is 5.30. The summed E-state index contributed by atoms with van der Waals surface area (Å²) in [6, 6.07) is 12.8. The Bertz CT molecular complexity index is 843. The molecule has 29 heavy (non-hydrogen) atoms. The minimum absolute atomic E-state index is 0.0414. The van der Waals surface area contributed by atoms with E-state index in [1.165, 1.54) is 24.3 Å². The zero-order valence-corrected chi connectivity index (χ0v) is 16.4. The monoisotopic (exact) mass is 400 g/mol. The highest BCUT2D eigenvalue weighted by atomic mass is 19.3. The number of carbonyl (C=O) groups excluding carboxylic acids is 1. The number of nitrogens with zero attached hydrogens (tertiary/aromatic N) is 1. The number of nitrogens with two attached hydrogens (primary N) is 1. The highest BCUT2D eigenvalue weighted by Gasteiger charge is 2.50.